The summed E-state index contributed by atoms with van der Waals surface area (Å²) in [5, 5.41) is 17.4. The summed E-state index contributed by atoms with van der Waals surface area (Å²) in [5.74, 6) is -2.28. The van der Waals surface area contributed by atoms with E-state index in [1.807, 2.05) is 0 Å². The van der Waals surface area contributed by atoms with Gasteiger partial charge in [0.1, 0.15) is 23.9 Å². The van der Waals surface area contributed by atoms with Crippen LogP contribution in [0.1, 0.15) is 16.3 Å². The number of carbonyl (C=O) groups is 3. The van der Waals surface area contributed by atoms with E-state index >= 15 is 0 Å². The van der Waals surface area contributed by atoms with Gasteiger partial charge in [0.15, 0.2) is 16.4 Å². The molecule has 4 N–H and O–H groups in total. The van der Waals surface area contributed by atoms with Crippen molar-refractivity contribution in [2.24, 2.45) is 5.16 Å². The van der Waals surface area contributed by atoms with E-state index in [0.717, 1.165) is 11.3 Å². The quantitative estimate of drug-likeness (QED) is 0.218. The lowest BCUT2D eigenvalue weighted by Gasteiger charge is -2.56. The third-order valence-corrected chi connectivity index (χ3v) is 8.15. The number of carboxylic acid groups (broad SMARTS) is 1. The predicted molar refractivity (Wildman–Crippen MR) is 126 cm³/mol. The van der Waals surface area contributed by atoms with Gasteiger partial charge < -0.3 is 21.0 Å². The van der Waals surface area contributed by atoms with E-state index in [4.69, 9.17) is 10.6 Å². The van der Waals surface area contributed by atoms with Crippen molar-refractivity contribution < 1.29 is 24.3 Å². The topological polar surface area (TPSA) is 160 Å². The molecule has 1 saturated heterocycles. The minimum atomic E-state index is -1.53. The number of oxime groups is 1. The number of thiazole rings is 2. The number of hydrogen-bond acceptors (Lipinski definition) is 11. The van der Waals surface area contributed by atoms with Crippen molar-refractivity contribution in [1.29, 1.82) is 0 Å². The SMILES string of the molecule is C=CC1(NC(=O)/C(=N\OC)c2csc(N)n2)C(=O)N2C(C(=O)O)=C(c3scnc3C)CS[C@H]21. The van der Waals surface area contributed by atoms with Gasteiger partial charge in [0.05, 0.1) is 16.1 Å². The first-order chi connectivity index (χ1) is 15.7. The fourth-order valence-electron chi connectivity index (χ4n) is 3.64. The first kappa shape index (κ1) is 22.9. The van der Waals surface area contributed by atoms with E-state index in [9.17, 15) is 19.5 Å². The van der Waals surface area contributed by atoms with Gasteiger partial charge in [-0.1, -0.05) is 11.2 Å². The van der Waals surface area contributed by atoms with Crippen molar-refractivity contribution in [3.8, 4) is 0 Å². The Hall–Kier alpha value is -3.23. The van der Waals surface area contributed by atoms with Crippen molar-refractivity contribution in [2.45, 2.75) is 17.8 Å². The van der Waals surface area contributed by atoms with Gasteiger partial charge in [-0.15, -0.1) is 41.0 Å². The van der Waals surface area contributed by atoms with Crippen LogP contribution in [0.5, 0.6) is 0 Å². The van der Waals surface area contributed by atoms with Gasteiger partial charge in [0, 0.05) is 16.7 Å². The standard InChI is InChI=1S/C19H18N6O5S3/c1-4-19(23-14(26)11(24-30-3)10-6-32-18(20)22-10)16(29)25-12(15(27)28)9(5-31-17(19)25)13-8(2)21-7-33-13/h4,6-7,17H,1,5H2,2-3H3,(H2,20,22)(H,23,26)(H,27,28)/b24-11-/t17-,19?/m0/s1. The minimum absolute atomic E-state index is 0.124. The van der Waals surface area contributed by atoms with E-state index in [2.05, 4.69) is 27.0 Å². The molecule has 2 aliphatic rings. The Kier molecular flexibility index (Phi) is 5.99. The van der Waals surface area contributed by atoms with Gasteiger partial charge in [0.25, 0.3) is 11.8 Å². The van der Waals surface area contributed by atoms with Gasteiger partial charge in [-0.25, -0.2) is 14.8 Å². The predicted octanol–water partition coefficient (Wildman–Crippen LogP) is 1.29. The van der Waals surface area contributed by atoms with Crippen LogP contribution in [-0.2, 0) is 19.2 Å². The van der Waals surface area contributed by atoms with Crippen LogP contribution in [-0.4, -0.2) is 67.2 Å². The van der Waals surface area contributed by atoms with Crippen molar-refractivity contribution in [3.05, 3.63) is 45.5 Å². The third-order valence-electron chi connectivity index (χ3n) is 5.14. The summed E-state index contributed by atoms with van der Waals surface area (Å²) in [5.41, 5.74) is 6.84. The van der Waals surface area contributed by atoms with E-state index in [-0.39, 0.29) is 22.2 Å². The van der Waals surface area contributed by atoms with Gasteiger partial charge in [-0.2, -0.15) is 0 Å². The summed E-state index contributed by atoms with van der Waals surface area (Å²) >= 11 is 3.75. The van der Waals surface area contributed by atoms with Crippen molar-refractivity contribution in [1.82, 2.24) is 20.2 Å². The van der Waals surface area contributed by atoms with Crippen LogP contribution >= 0.6 is 34.4 Å². The summed E-state index contributed by atoms with van der Waals surface area (Å²) < 4.78 is 0. The number of nitrogens with zero attached hydrogens (tertiary/aromatic N) is 4. The second-order valence-corrected chi connectivity index (χ2v) is 9.77. The molecule has 0 aromatic carbocycles. The van der Waals surface area contributed by atoms with Gasteiger partial charge >= 0.3 is 5.97 Å². The largest absolute Gasteiger partial charge is 0.477 e. The van der Waals surface area contributed by atoms with Crippen LogP contribution in [0.4, 0.5) is 5.13 Å². The Balaban J connectivity index is 1.68. The van der Waals surface area contributed by atoms with E-state index in [1.54, 1.807) is 12.4 Å². The van der Waals surface area contributed by atoms with E-state index in [0.29, 0.717) is 21.9 Å². The lowest BCUT2D eigenvalue weighted by atomic mass is 9.85. The Morgan fingerprint density at radius 1 is 1.48 bits per heavy atom. The number of aliphatic carboxylic acids is 1. The molecular weight excluding hydrogens is 488 g/mol. The number of fused-ring (bicyclic) bond motifs is 1. The zero-order chi connectivity index (χ0) is 23.9. The first-order valence-electron chi connectivity index (χ1n) is 9.36. The van der Waals surface area contributed by atoms with Crippen molar-refractivity contribution in [2.75, 3.05) is 18.6 Å². The summed E-state index contributed by atoms with van der Waals surface area (Å²) in [4.78, 5) is 53.5. The number of anilines is 1. The number of hydrogen-bond donors (Lipinski definition) is 3. The monoisotopic (exact) mass is 506 g/mol. The third kappa shape index (κ3) is 3.59. The summed E-state index contributed by atoms with van der Waals surface area (Å²) in [7, 11) is 1.27. The van der Waals surface area contributed by atoms with Gasteiger partial charge in [-0.3, -0.25) is 14.5 Å². The van der Waals surface area contributed by atoms with Crippen molar-refractivity contribution >= 4 is 68.6 Å². The number of aryl methyl sites for hydroxylation is 1. The number of aromatic nitrogens is 2. The fraction of sp³-hybridized carbons (Fsp3) is 0.263. The highest BCUT2D eigenvalue weighted by molar-refractivity contribution is 8.00. The maximum absolute atomic E-state index is 13.3. The van der Waals surface area contributed by atoms with E-state index in [1.165, 1.54) is 46.6 Å². The highest BCUT2D eigenvalue weighted by Gasteiger charge is 2.64. The Morgan fingerprint density at radius 2 is 2.24 bits per heavy atom. The first-order valence-corrected chi connectivity index (χ1v) is 12.2. The molecule has 4 rings (SSSR count). The van der Waals surface area contributed by atoms with Crippen LogP contribution < -0.4 is 11.1 Å². The highest BCUT2D eigenvalue weighted by Crippen LogP contribution is 2.49. The molecule has 11 nitrogen and oxygen atoms in total. The summed E-state index contributed by atoms with van der Waals surface area (Å²) in [6.07, 6.45) is 1.31. The zero-order valence-electron chi connectivity index (χ0n) is 17.4. The lowest BCUT2D eigenvalue weighted by molar-refractivity contribution is -0.154. The van der Waals surface area contributed by atoms with Crippen LogP contribution in [0.2, 0.25) is 0 Å². The molecule has 0 aliphatic carbocycles. The molecule has 2 atom stereocenters. The number of nitrogens with one attached hydrogen (secondary N) is 1. The molecule has 0 radical (unpaired) electrons. The fourth-order valence-corrected chi connectivity index (χ4v) is 6.60. The molecule has 14 heteroatoms. The number of thioether (sulfide) groups is 1. The van der Waals surface area contributed by atoms with Crippen LogP contribution in [0.15, 0.2) is 34.4 Å². The number of amides is 2. The molecule has 2 aromatic rings. The molecule has 0 saturated carbocycles. The number of nitrogens with two attached hydrogens (primary N) is 1. The maximum Gasteiger partial charge on any atom is 0.353 e. The number of carboxylic acids is 1. The summed E-state index contributed by atoms with van der Waals surface area (Å²) in [6, 6.07) is 0. The Bertz CT molecular complexity index is 1230. The molecule has 0 bridgehead atoms. The molecular formula is C19H18N6O5S3. The van der Waals surface area contributed by atoms with Crippen LogP contribution in [0.3, 0.4) is 0 Å². The van der Waals surface area contributed by atoms with Crippen molar-refractivity contribution in [3.63, 3.8) is 0 Å². The zero-order valence-corrected chi connectivity index (χ0v) is 19.8. The molecule has 2 aliphatic heterocycles. The average molecular weight is 507 g/mol. The Labute approximate surface area is 200 Å². The van der Waals surface area contributed by atoms with Crippen LogP contribution in [0, 0.1) is 6.92 Å². The van der Waals surface area contributed by atoms with Gasteiger partial charge in [-0.05, 0) is 6.92 Å². The molecule has 1 fully saturated rings. The molecule has 2 aromatic heterocycles. The van der Waals surface area contributed by atoms with Gasteiger partial charge in [0.2, 0.25) is 0 Å². The van der Waals surface area contributed by atoms with E-state index < -0.39 is 28.7 Å². The molecule has 0 spiro atoms. The molecule has 1 unspecified atom stereocenters. The molecule has 172 valence electrons. The highest BCUT2D eigenvalue weighted by atomic mass is 32.2. The number of nitrogen functional groups attached to an aromatic ring is 1. The Morgan fingerprint density at radius 3 is 2.79 bits per heavy atom. The normalized spacial score (nSPS) is 22.5. The second-order valence-electron chi connectivity index (χ2n) is 6.96. The number of rotatable bonds is 7. The number of carbonyl (C=O) groups excluding carboxylic acids is 2. The minimum Gasteiger partial charge on any atom is -0.477 e. The van der Waals surface area contributed by atoms with Crippen LogP contribution in [0.25, 0.3) is 5.57 Å². The lowest BCUT2D eigenvalue weighted by Crippen LogP contribution is -2.79. The molecule has 2 amide bonds. The maximum atomic E-state index is 13.3. The average Bonchev–Trinajstić information content (AvgIpc) is 3.42. The number of β-lactam (4-membered cyclic amide) rings is 1. The summed E-state index contributed by atoms with van der Waals surface area (Å²) in [6.45, 7) is 5.51. The smallest absolute Gasteiger partial charge is 0.353 e. The molecule has 33 heavy (non-hydrogen) atoms. The second kappa shape index (κ2) is 8.61. The molecule has 4 heterocycles.